The van der Waals surface area contributed by atoms with Crippen molar-refractivity contribution in [1.29, 1.82) is 0 Å². The lowest BCUT2D eigenvalue weighted by Crippen LogP contribution is -2.28. The molecule has 2 aromatic rings. The summed E-state index contributed by atoms with van der Waals surface area (Å²) in [6, 6.07) is 4.17. The van der Waals surface area contributed by atoms with Crippen molar-refractivity contribution in [3.05, 3.63) is 33.0 Å². The molecular weight excluding hydrogens is 280 g/mol. The lowest BCUT2D eigenvalue weighted by Gasteiger charge is -2.15. The molecule has 19 heavy (non-hydrogen) atoms. The van der Waals surface area contributed by atoms with Crippen LogP contribution in [0.25, 0.3) is 0 Å². The van der Waals surface area contributed by atoms with Crippen molar-refractivity contribution < 1.29 is 9.90 Å². The van der Waals surface area contributed by atoms with Gasteiger partial charge in [-0.1, -0.05) is 0 Å². The monoisotopic (exact) mass is 296 g/mol. The molecule has 0 aliphatic carbocycles. The van der Waals surface area contributed by atoms with Gasteiger partial charge in [0.15, 0.2) is 5.13 Å². The second-order valence-corrected chi connectivity index (χ2v) is 7.06. The van der Waals surface area contributed by atoms with E-state index in [1.54, 1.807) is 30.6 Å². The largest absolute Gasteiger partial charge is 0.481 e. The summed E-state index contributed by atoms with van der Waals surface area (Å²) in [5.74, 6) is -0.863. The standard InChI is InChI=1S/C13H16N2O2S2/c1-8-4-5-9(19-8)6-14-12-15-10(7-18-12)13(2,3)11(16)17/h4-5,7H,6H2,1-3H3,(H,14,15)(H,16,17). The van der Waals surface area contributed by atoms with Crippen molar-refractivity contribution in [3.63, 3.8) is 0 Å². The van der Waals surface area contributed by atoms with E-state index in [2.05, 4.69) is 29.4 Å². The molecule has 0 radical (unpaired) electrons. The molecule has 2 heterocycles. The first kappa shape index (κ1) is 14.0. The number of thiazole rings is 1. The van der Waals surface area contributed by atoms with Crippen LogP contribution in [-0.4, -0.2) is 16.1 Å². The minimum absolute atomic E-state index is 0.592. The predicted molar refractivity (Wildman–Crippen MR) is 79.2 cm³/mol. The molecule has 0 bridgehead atoms. The zero-order valence-corrected chi connectivity index (χ0v) is 12.7. The quantitative estimate of drug-likeness (QED) is 0.886. The van der Waals surface area contributed by atoms with E-state index in [4.69, 9.17) is 5.11 Å². The number of aliphatic carboxylic acids is 1. The van der Waals surface area contributed by atoms with Crippen molar-refractivity contribution in [2.75, 3.05) is 5.32 Å². The zero-order valence-electron chi connectivity index (χ0n) is 11.1. The molecule has 0 aliphatic rings. The van der Waals surface area contributed by atoms with Gasteiger partial charge in [-0.3, -0.25) is 4.79 Å². The topological polar surface area (TPSA) is 62.2 Å². The first-order chi connectivity index (χ1) is 8.89. The molecule has 0 aliphatic heterocycles. The van der Waals surface area contributed by atoms with Crippen LogP contribution >= 0.6 is 22.7 Å². The van der Waals surface area contributed by atoms with E-state index in [9.17, 15) is 4.79 Å². The Balaban J connectivity index is 2.03. The van der Waals surface area contributed by atoms with Gasteiger partial charge < -0.3 is 10.4 Å². The van der Waals surface area contributed by atoms with Crippen molar-refractivity contribution >= 4 is 33.8 Å². The average Bonchev–Trinajstić information content (AvgIpc) is 2.95. The van der Waals surface area contributed by atoms with Gasteiger partial charge >= 0.3 is 5.97 Å². The molecule has 0 atom stereocenters. The number of nitrogens with one attached hydrogen (secondary N) is 1. The first-order valence-corrected chi connectivity index (χ1v) is 7.58. The molecule has 0 fully saturated rings. The first-order valence-electron chi connectivity index (χ1n) is 5.88. The van der Waals surface area contributed by atoms with Crippen LogP contribution in [0.5, 0.6) is 0 Å². The fourth-order valence-corrected chi connectivity index (χ4v) is 3.20. The van der Waals surface area contributed by atoms with Gasteiger partial charge in [0.25, 0.3) is 0 Å². The number of nitrogens with zero attached hydrogens (tertiary/aromatic N) is 1. The van der Waals surface area contributed by atoms with Crippen LogP contribution in [0.1, 0.15) is 29.3 Å². The van der Waals surface area contributed by atoms with Crippen LogP contribution in [0.15, 0.2) is 17.5 Å². The Bertz CT molecular complexity index is 587. The Morgan fingerprint density at radius 3 is 2.79 bits per heavy atom. The van der Waals surface area contributed by atoms with E-state index in [-0.39, 0.29) is 0 Å². The van der Waals surface area contributed by atoms with Crippen LogP contribution in [0.2, 0.25) is 0 Å². The van der Waals surface area contributed by atoms with Gasteiger partial charge in [-0.25, -0.2) is 4.98 Å². The fourth-order valence-electron chi connectivity index (χ4n) is 1.49. The van der Waals surface area contributed by atoms with Crippen molar-refractivity contribution in [2.24, 2.45) is 0 Å². The molecule has 0 amide bonds. The Kier molecular flexibility index (Phi) is 3.91. The van der Waals surface area contributed by atoms with Crippen LogP contribution in [0, 0.1) is 6.92 Å². The highest BCUT2D eigenvalue weighted by Crippen LogP contribution is 2.28. The molecule has 4 nitrogen and oxygen atoms in total. The summed E-state index contributed by atoms with van der Waals surface area (Å²) in [6.07, 6.45) is 0. The van der Waals surface area contributed by atoms with Gasteiger partial charge in [0.1, 0.15) is 5.41 Å². The molecule has 0 spiro atoms. The van der Waals surface area contributed by atoms with Gasteiger partial charge in [-0.05, 0) is 32.9 Å². The highest BCUT2D eigenvalue weighted by molar-refractivity contribution is 7.14. The Labute approximate surface area is 120 Å². The van der Waals surface area contributed by atoms with Crippen molar-refractivity contribution in [1.82, 2.24) is 4.98 Å². The Hall–Kier alpha value is -1.40. The molecule has 102 valence electrons. The fraction of sp³-hybridized carbons (Fsp3) is 0.385. The number of hydrogen-bond acceptors (Lipinski definition) is 5. The van der Waals surface area contributed by atoms with Gasteiger partial charge in [-0.15, -0.1) is 22.7 Å². The number of rotatable bonds is 5. The third kappa shape index (κ3) is 3.13. The minimum atomic E-state index is -0.948. The molecule has 2 aromatic heterocycles. The number of carbonyl (C=O) groups is 1. The second-order valence-electron chi connectivity index (χ2n) is 4.83. The maximum absolute atomic E-state index is 11.2. The van der Waals surface area contributed by atoms with E-state index in [1.165, 1.54) is 21.1 Å². The van der Waals surface area contributed by atoms with E-state index in [0.717, 1.165) is 11.7 Å². The molecular formula is C13H16N2O2S2. The molecule has 2 rings (SSSR count). The molecule has 2 N–H and O–H groups in total. The van der Waals surface area contributed by atoms with E-state index in [0.29, 0.717) is 5.69 Å². The lowest BCUT2D eigenvalue weighted by atomic mass is 9.90. The third-order valence-corrected chi connectivity index (χ3v) is 4.69. The maximum atomic E-state index is 11.2. The molecule has 0 saturated carbocycles. The van der Waals surface area contributed by atoms with Crippen molar-refractivity contribution in [2.45, 2.75) is 32.7 Å². The van der Waals surface area contributed by atoms with Gasteiger partial charge in [0.2, 0.25) is 0 Å². The lowest BCUT2D eigenvalue weighted by molar-refractivity contribution is -0.142. The summed E-state index contributed by atoms with van der Waals surface area (Å²) < 4.78 is 0. The molecule has 0 saturated heterocycles. The van der Waals surface area contributed by atoms with Gasteiger partial charge in [-0.2, -0.15) is 0 Å². The highest BCUT2D eigenvalue weighted by Gasteiger charge is 2.32. The number of anilines is 1. The molecule has 0 aromatic carbocycles. The molecule has 0 unspecified atom stereocenters. The molecule has 6 heteroatoms. The number of hydrogen-bond donors (Lipinski definition) is 2. The summed E-state index contributed by atoms with van der Waals surface area (Å²) in [5.41, 5.74) is -0.356. The van der Waals surface area contributed by atoms with Gasteiger partial charge in [0, 0.05) is 15.1 Å². The van der Waals surface area contributed by atoms with Crippen LogP contribution in [0.4, 0.5) is 5.13 Å². The average molecular weight is 296 g/mol. The SMILES string of the molecule is Cc1ccc(CNc2nc(C(C)(C)C(=O)O)cs2)s1. The van der Waals surface area contributed by atoms with Crippen LogP contribution < -0.4 is 5.32 Å². The van der Waals surface area contributed by atoms with Gasteiger partial charge in [0.05, 0.1) is 12.2 Å². The zero-order chi connectivity index (χ0) is 14.0. The number of aromatic nitrogens is 1. The highest BCUT2D eigenvalue weighted by atomic mass is 32.1. The van der Waals surface area contributed by atoms with E-state index >= 15 is 0 Å². The summed E-state index contributed by atoms with van der Waals surface area (Å²) in [4.78, 5) is 18.0. The minimum Gasteiger partial charge on any atom is -0.481 e. The van der Waals surface area contributed by atoms with Crippen LogP contribution in [-0.2, 0) is 16.8 Å². The summed E-state index contributed by atoms with van der Waals surface area (Å²) in [6.45, 7) is 6.12. The van der Waals surface area contributed by atoms with E-state index in [1.807, 2.05) is 0 Å². The smallest absolute Gasteiger partial charge is 0.315 e. The number of carboxylic acids is 1. The predicted octanol–water partition coefficient (Wildman–Crippen LogP) is 3.49. The maximum Gasteiger partial charge on any atom is 0.315 e. The number of thiophene rings is 1. The summed E-state index contributed by atoms with van der Waals surface area (Å²) in [7, 11) is 0. The normalized spacial score (nSPS) is 11.5. The van der Waals surface area contributed by atoms with Crippen molar-refractivity contribution in [3.8, 4) is 0 Å². The van der Waals surface area contributed by atoms with Crippen LogP contribution in [0.3, 0.4) is 0 Å². The Morgan fingerprint density at radius 1 is 1.47 bits per heavy atom. The number of aryl methyl sites for hydroxylation is 1. The Morgan fingerprint density at radius 2 is 2.21 bits per heavy atom. The number of carboxylic acid groups (broad SMARTS) is 1. The summed E-state index contributed by atoms with van der Waals surface area (Å²) >= 11 is 3.18. The summed E-state index contributed by atoms with van der Waals surface area (Å²) in [5, 5.41) is 15.0. The third-order valence-electron chi connectivity index (χ3n) is 2.89. The second kappa shape index (κ2) is 5.30. The van der Waals surface area contributed by atoms with E-state index < -0.39 is 11.4 Å².